The summed E-state index contributed by atoms with van der Waals surface area (Å²) in [6.45, 7) is 7.90. The van der Waals surface area contributed by atoms with Gasteiger partial charge >= 0.3 is 6.18 Å². The Morgan fingerprint density at radius 2 is 1.67 bits per heavy atom. The van der Waals surface area contributed by atoms with Crippen LogP contribution in [0.15, 0.2) is 0 Å². The van der Waals surface area contributed by atoms with E-state index in [4.69, 9.17) is 0 Å². The van der Waals surface area contributed by atoms with Crippen LogP contribution in [-0.4, -0.2) is 42.0 Å². The van der Waals surface area contributed by atoms with Gasteiger partial charge in [-0.25, -0.2) is 0 Å². The number of nitrogens with zero attached hydrogens (tertiary/aromatic N) is 1. The Kier molecular flexibility index (Phi) is 4.92. The van der Waals surface area contributed by atoms with Crippen molar-refractivity contribution >= 4 is 11.9 Å². The van der Waals surface area contributed by atoms with Gasteiger partial charge in [0.25, 0.3) is 0 Å². The van der Waals surface area contributed by atoms with Crippen molar-refractivity contribution in [3.05, 3.63) is 0 Å². The van der Waals surface area contributed by atoms with E-state index in [1.54, 1.807) is 0 Å². The van der Waals surface area contributed by atoms with Crippen LogP contribution in [0.1, 0.15) is 46.5 Å². The molecule has 1 atom stereocenters. The zero-order chi connectivity index (χ0) is 15.9. The lowest BCUT2D eigenvalue weighted by Crippen LogP contribution is -2.57. The van der Waals surface area contributed by atoms with E-state index in [0.717, 1.165) is 25.9 Å². The van der Waals surface area contributed by atoms with E-state index in [0.29, 0.717) is 18.3 Å². The SMILES string of the molecule is CN1CC2(CCC(C(NSC(C)(C)C)C(F)(F)F)CC2)C1. The molecule has 1 N–H and O–H groups in total. The summed E-state index contributed by atoms with van der Waals surface area (Å²) in [5, 5.41) is 0. The van der Waals surface area contributed by atoms with Crippen LogP contribution in [0.25, 0.3) is 0 Å². The highest BCUT2D eigenvalue weighted by molar-refractivity contribution is 7.98. The third-order valence-corrected chi connectivity index (χ3v) is 5.60. The first-order valence-electron chi connectivity index (χ1n) is 7.70. The lowest BCUT2D eigenvalue weighted by atomic mass is 9.65. The quantitative estimate of drug-likeness (QED) is 0.788. The molecule has 1 heterocycles. The molecule has 6 heteroatoms. The van der Waals surface area contributed by atoms with Crippen LogP contribution < -0.4 is 4.72 Å². The summed E-state index contributed by atoms with van der Waals surface area (Å²) in [5.41, 5.74) is 0.318. The summed E-state index contributed by atoms with van der Waals surface area (Å²) >= 11 is 1.20. The van der Waals surface area contributed by atoms with E-state index in [2.05, 4.69) is 16.7 Å². The molecule has 21 heavy (non-hydrogen) atoms. The second-order valence-electron chi connectivity index (χ2n) is 7.86. The first kappa shape index (κ1) is 17.4. The third kappa shape index (κ3) is 4.52. The first-order chi connectivity index (χ1) is 9.51. The molecule has 2 rings (SSSR count). The zero-order valence-corrected chi connectivity index (χ0v) is 14.2. The Hall–Kier alpha value is 0.0600. The van der Waals surface area contributed by atoms with Crippen LogP contribution >= 0.6 is 11.9 Å². The van der Waals surface area contributed by atoms with E-state index in [9.17, 15) is 13.2 Å². The molecule has 0 aromatic rings. The number of hydrogen-bond donors (Lipinski definition) is 1. The van der Waals surface area contributed by atoms with Gasteiger partial charge in [0.1, 0.15) is 6.04 Å². The summed E-state index contributed by atoms with van der Waals surface area (Å²) in [7, 11) is 2.08. The number of rotatable bonds is 3. The summed E-state index contributed by atoms with van der Waals surface area (Å²) in [6, 6.07) is -1.38. The number of likely N-dealkylation sites (tertiary alicyclic amines) is 1. The van der Waals surface area contributed by atoms with Crippen LogP contribution in [0.4, 0.5) is 13.2 Å². The first-order valence-corrected chi connectivity index (χ1v) is 8.51. The van der Waals surface area contributed by atoms with Gasteiger partial charge in [0.05, 0.1) is 0 Å². The largest absolute Gasteiger partial charge is 0.404 e. The van der Waals surface area contributed by atoms with Crippen LogP contribution in [0, 0.1) is 11.3 Å². The van der Waals surface area contributed by atoms with Crippen molar-refractivity contribution in [2.45, 2.75) is 63.4 Å². The second-order valence-corrected chi connectivity index (χ2v) is 9.53. The minimum absolute atomic E-state index is 0.212. The minimum Gasteiger partial charge on any atom is -0.305 e. The van der Waals surface area contributed by atoms with E-state index in [-0.39, 0.29) is 10.7 Å². The van der Waals surface area contributed by atoms with Gasteiger partial charge in [-0.15, -0.1) is 0 Å². The molecule has 0 radical (unpaired) electrons. The zero-order valence-electron chi connectivity index (χ0n) is 13.4. The van der Waals surface area contributed by atoms with Crippen molar-refractivity contribution in [2.24, 2.45) is 11.3 Å². The average Bonchev–Trinajstić information content (AvgIpc) is 2.26. The average molecular weight is 324 g/mol. The van der Waals surface area contributed by atoms with Gasteiger partial charge in [0, 0.05) is 17.8 Å². The van der Waals surface area contributed by atoms with Crippen molar-refractivity contribution in [1.29, 1.82) is 0 Å². The van der Waals surface area contributed by atoms with E-state index >= 15 is 0 Å². The van der Waals surface area contributed by atoms with Crippen molar-refractivity contribution in [1.82, 2.24) is 9.62 Å². The molecule has 1 saturated heterocycles. The lowest BCUT2D eigenvalue weighted by molar-refractivity contribution is -0.169. The fourth-order valence-corrected chi connectivity index (χ4v) is 4.48. The van der Waals surface area contributed by atoms with Gasteiger partial charge in [0.15, 0.2) is 0 Å². The fraction of sp³-hybridized carbons (Fsp3) is 1.00. The molecule has 0 aromatic carbocycles. The lowest BCUT2D eigenvalue weighted by Gasteiger charge is -2.53. The second kappa shape index (κ2) is 5.93. The van der Waals surface area contributed by atoms with Crippen LogP contribution in [0.2, 0.25) is 0 Å². The predicted molar refractivity (Wildman–Crippen MR) is 82.2 cm³/mol. The van der Waals surface area contributed by atoms with Crippen molar-refractivity contribution in [3.63, 3.8) is 0 Å². The van der Waals surface area contributed by atoms with Gasteiger partial charge in [0.2, 0.25) is 0 Å². The van der Waals surface area contributed by atoms with Gasteiger partial charge in [-0.1, -0.05) is 11.9 Å². The smallest absolute Gasteiger partial charge is 0.305 e. The highest BCUT2D eigenvalue weighted by Crippen LogP contribution is 2.47. The predicted octanol–water partition coefficient (Wildman–Crippen LogP) is 4.08. The molecule has 2 aliphatic rings. The topological polar surface area (TPSA) is 15.3 Å². The molecule has 1 aliphatic heterocycles. The van der Waals surface area contributed by atoms with Gasteiger partial charge < -0.3 is 4.90 Å². The van der Waals surface area contributed by atoms with Crippen molar-refractivity contribution in [2.75, 3.05) is 20.1 Å². The molecule has 0 amide bonds. The Balaban J connectivity index is 1.93. The molecule has 0 bridgehead atoms. The Morgan fingerprint density at radius 1 is 1.14 bits per heavy atom. The van der Waals surface area contributed by atoms with Crippen molar-refractivity contribution in [3.8, 4) is 0 Å². The highest BCUT2D eigenvalue weighted by Gasteiger charge is 2.50. The maximum absolute atomic E-state index is 13.3. The minimum atomic E-state index is -4.16. The molecule has 1 unspecified atom stereocenters. The molecular formula is C15H27F3N2S. The molecule has 124 valence electrons. The molecule has 2 nitrogen and oxygen atoms in total. The molecule has 2 fully saturated rings. The standard InChI is InChI=1S/C15H27F3N2S/c1-13(2,3)21-19-12(15(16,17)18)11-5-7-14(8-6-11)9-20(4)10-14/h11-12,19H,5-10H2,1-4H3. The molecular weight excluding hydrogens is 297 g/mol. The number of halogens is 3. The van der Waals surface area contributed by atoms with E-state index < -0.39 is 12.2 Å². The van der Waals surface area contributed by atoms with Crippen LogP contribution in [-0.2, 0) is 0 Å². The number of nitrogens with one attached hydrogen (secondary N) is 1. The maximum atomic E-state index is 13.3. The monoisotopic (exact) mass is 324 g/mol. The molecule has 1 aliphatic carbocycles. The Labute approximate surface area is 130 Å². The molecule has 1 saturated carbocycles. The van der Waals surface area contributed by atoms with Gasteiger partial charge in [-0.05, 0) is 64.8 Å². The van der Waals surface area contributed by atoms with Crippen LogP contribution in [0.3, 0.4) is 0 Å². The Morgan fingerprint density at radius 3 is 2.05 bits per heavy atom. The fourth-order valence-electron chi connectivity index (χ4n) is 3.67. The number of hydrogen-bond acceptors (Lipinski definition) is 3. The van der Waals surface area contributed by atoms with Gasteiger partial charge in [-0.3, -0.25) is 4.72 Å². The van der Waals surface area contributed by atoms with Gasteiger partial charge in [-0.2, -0.15) is 13.2 Å². The number of alkyl halides is 3. The van der Waals surface area contributed by atoms with E-state index in [1.165, 1.54) is 11.9 Å². The highest BCUT2D eigenvalue weighted by atomic mass is 32.2. The van der Waals surface area contributed by atoms with Crippen LogP contribution in [0.5, 0.6) is 0 Å². The molecule has 1 spiro atoms. The third-order valence-electron chi connectivity index (χ3n) is 4.62. The van der Waals surface area contributed by atoms with Crippen molar-refractivity contribution < 1.29 is 13.2 Å². The van der Waals surface area contributed by atoms with E-state index in [1.807, 2.05) is 20.8 Å². The molecule has 0 aromatic heterocycles. The Bertz CT molecular complexity index is 349. The summed E-state index contributed by atoms with van der Waals surface area (Å²) in [6.07, 6.45) is -0.901. The summed E-state index contributed by atoms with van der Waals surface area (Å²) in [4.78, 5) is 2.26. The summed E-state index contributed by atoms with van der Waals surface area (Å²) < 4.78 is 42.5. The maximum Gasteiger partial charge on any atom is 0.404 e. The summed E-state index contributed by atoms with van der Waals surface area (Å²) in [5.74, 6) is -0.281. The normalized spacial score (nSPS) is 25.9.